The summed E-state index contributed by atoms with van der Waals surface area (Å²) in [6, 6.07) is 10.5. The minimum absolute atomic E-state index is 0.465. The molecule has 0 saturated heterocycles. The van der Waals surface area contributed by atoms with Crippen molar-refractivity contribution in [1.82, 2.24) is 0 Å². The van der Waals surface area contributed by atoms with E-state index in [2.05, 4.69) is 72.6 Å². The summed E-state index contributed by atoms with van der Waals surface area (Å²) in [5.74, 6) is 1.51. The van der Waals surface area contributed by atoms with Gasteiger partial charge < -0.3 is 14.8 Å². The van der Waals surface area contributed by atoms with Crippen LogP contribution in [0.25, 0.3) is 0 Å². The van der Waals surface area contributed by atoms with Crippen LogP contribution in [-0.4, -0.2) is 13.7 Å². The van der Waals surface area contributed by atoms with E-state index in [-0.39, 0.29) is 0 Å². The zero-order valence-electron chi connectivity index (χ0n) is 13.8. The van der Waals surface area contributed by atoms with Crippen molar-refractivity contribution < 1.29 is 9.47 Å². The molecule has 0 aliphatic heterocycles. The van der Waals surface area contributed by atoms with Crippen LogP contribution in [-0.2, 0) is 6.54 Å². The molecule has 0 aliphatic rings. The third-order valence-electron chi connectivity index (χ3n) is 3.51. The lowest BCUT2D eigenvalue weighted by Crippen LogP contribution is -2.04. The molecule has 0 atom stereocenters. The van der Waals surface area contributed by atoms with Crippen LogP contribution in [0, 0.1) is 17.4 Å². The molecule has 2 aromatic carbocycles. The lowest BCUT2D eigenvalue weighted by molar-refractivity contribution is 0.324. The molecule has 23 heavy (non-hydrogen) atoms. The molecule has 4 heteroatoms. The van der Waals surface area contributed by atoms with Crippen molar-refractivity contribution in [2.45, 2.75) is 20.4 Å². The zero-order valence-corrected chi connectivity index (χ0v) is 15.9. The van der Waals surface area contributed by atoms with E-state index in [1.165, 1.54) is 11.1 Å². The van der Waals surface area contributed by atoms with Crippen LogP contribution in [0.15, 0.2) is 43.0 Å². The van der Waals surface area contributed by atoms with Gasteiger partial charge in [-0.25, -0.2) is 0 Å². The highest BCUT2D eigenvalue weighted by Crippen LogP contribution is 2.34. The number of methoxy groups -OCH3 is 1. The number of benzene rings is 2. The number of hydrogen-bond donors (Lipinski definition) is 1. The molecule has 0 aliphatic carbocycles. The first kappa shape index (κ1) is 17.7. The molecular weight excluding hydrogens is 401 g/mol. The SMILES string of the molecule is C=CCOc1c(I)cc(CNc2cc(C)ccc2C)cc1OC. The van der Waals surface area contributed by atoms with Gasteiger partial charge in [-0.15, -0.1) is 0 Å². The molecule has 0 bridgehead atoms. The average molecular weight is 423 g/mol. The maximum atomic E-state index is 5.69. The fraction of sp³-hybridized carbons (Fsp3) is 0.263. The van der Waals surface area contributed by atoms with Gasteiger partial charge >= 0.3 is 0 Å². The minimum atomic E-state index is 0.465. The molecule has 0 saturated carbocycles. The molecule has 0 aromatic heterocycles. The van der Waals surface area contributed by atoms with Crippen LogP contribution in [0.3, 0.4) is 0 Å². The fourth-order valence-corrected chi connectivity index (χ4v) is 3.10. The zero-order chi connectivity index (χ0) is 16.8. The average Bonchev–Trinajstić information content (AvgIpc) is 2.54. The minimum Gasteiger partial charge on any atom is -0.493 e. The molecular formula is C19H22INO2. The number of halogens is 1. The van der Waals surface area contributed by atoms with Gasteiger partial charge in [0.25, 0.3) is 0 Å². The number of anilines is 1. The Labute approximate surface area is 151 Å². The first-order chi connectivity index (χ1) is 11.0. The van der Waals surface area contributed by atoms with Gasteiger partial charge in [0, 0.05) is 12.2 Å². The molecule has 0 unspecified atom stereocenters. The van der Waals surface area contributed by atoms with Crippen LogP contribution in [0.5, 0.6) is 11.5 Å². The highest BCUT2D eigenvalue weighted by molar-refractivity contribution is 14.1. The molecule has 0 amide bonds. The van der Waals surface area contributed by atoms with Gasteiger partial charge in [-0.2, -0.15) is 0 Å². The number of aryl methyl sites for hydroxylation is 2. The van der Waals surface area contributed by atoms with E-state index < -0.39 is 0 Å². The second-order valence-corrected chi connectivity index (χ2v) is 6.54. The molecule has 3 nitrogen and oxygen atoms in total. The Morgan fingerprint density at radius 3 is 2.70 bits per heavy atom. The number of nitrogens with one attached hydrogen (secondary N) is 1. The molecule has 0 radical (unpaired) electrons. The van der Waals surface area contributed by atoms with Crippen molar-refractivity contribution in [3.05, 3.63) is 63.2 Å². The van der Waals surface area contributed by atoms with E-state index in [1.807, 2.05) is 6.07 Å². The van der Waals surface area contributed by atoms with E-state index in [9.17, 15) is 0 Å². The summed E-state index contributed by atoms with van der Waals surface area (Å²) in [5.41, 5.74) is 4.80. The molecule has 0 spiro atoms. The summed E-state index contributed by atoms with van der Waals surface area (Å²) < 4.78 is 12.2. The van der Waals surface area contributed by atoms with Gasteiger partial charge in [0.2, 0.25) is 0 Å². The fourth-order valence-electron chi connectivity index (χ4n) is 2.28. The normalized spacial score (nSPS) is 10.3. The lowest BCUT2D eigenvalue weighted by Gasteiger charge is -2.15. The summed E-state index contributed by atoms with van der Waals surface area (Å²) in [4.78, 5) is 0. The monoisotopic (exact) mass is 423 g/mol. The summed E-state index contributed by atoms with van der Waals surface area (Å²) in [6.45, 7) is 9.09. The van der Waals surface area contributed by atoms with E-state index in [0.717, 1.165) is 32.9 Å². The number of hydrogen-bond acceptors (Lipinski definition) is 3. The highest BCUT2D eigenvalue weighted by Gasteiger charge is 2.11. The van der Waals surface area contributed by atoms with Gasteiger partial charge in [0.15, 0.2) is 11.5 Å². The van der Waals surface area contributed by atoms with Gasteiger partial charge in [-0.3, -0.25) is 0 Å². The van der Waals surface area contributed by atoms with Crippen molar-refractivity contribution in [3.8, 4) is 11.5 Å². The Kier molecular flexibility index (Phi) is 6.33. The van der Waals surface area contributed by atoms with Crippen LogP contribution in [0.2, 0.25) is 0 Å². The summed E-state index contributed by atoms with van der Waals surface area (Å²) in [6.07, 6.45) is 1.73. The third-order valence-corrected chi connectivity index (χ3v) is 4.31. The number of rotatable bonds is 7. The topological polar surface area (TPSA) is 30.5 Å². The Morgan fingerprint density at radius 2 is 2.00 bits per heavy atom. The van der Waals surface area contributed by atoms with Crippen LogP contribution in [0.1, 0.15) is 16.7 Å². The van der Waals surface area contributed by atoms with E-state index >= 15 is 0 Å². The maximum absolute atomic E-state index is 5.69. The standard InChI is InChI=1S/C19H22INO2/c1-5-8-23-19-16(20)10-15(11-18(19)22-4)12-21-17-9-13(2)6-7-14(17)3/h5-7,9-11,21H,1,8,12H2,2-4H3. The molecule has 1 N–H and O–H groups in total. The Bertz CT molecular complexity index is 698. The van der Waals surface area contributed by atoms with Crippen LogP contribution < -0.4 is 14.8 Å². The Balaban J connectivity index is 2.18. The molecule has 122 valence electrons. The molecule has 0 fully saturated rings. The van der Waals surface area contributed by atoms with Crippen molar-refractivity contribution in [2.75, 3.05) is 19.0 Å². The first-order valence-electron chi connectivity index (χ1n) is 7.46. The Hall–Kier alpha value is -1.69. The smallest absolute Gasteiger partial charge is 0.174 e. The summed E-state index contributed by atoms with van der Waals surface area (Å²) in [7, 11) is 1.66. The largest absolute Gasteiger partial charge is 0.493 e. The predicted octanol–water partition coefficient (Wildman–Crippen LogP) is 5.09. The summed E-state index contributed by atoms with van der Waals surface area (Å²) >= 11 is 2.27. The van der Waals surface area contributed by atoms with E-state index in [4.69, 9.17) is 9.47 Å². The quantitative estimate of drug-likeness (QED) is 0.497. The highest BCUT2D eigenvalue weighted by atomic mass is 127. The molecule has 2 aromatic rings. The van der Waals surface area contributed by atoms with Gasteiger partial charge in [-0.1, -0.05) is 24.8 Å². The van der Waals surface area contributed by atoms with Crippen molar-refractivity contribution in [3.63, 3.8) is 0 Å². The molecule has 2 rings (SSSR count). The predicted molar refractivity (Wildman–Crippen MR) is 105 cm³/mol. The Morgan fingerprint density at radius 1 is 1.22 bits per heavy atom. The van der Waals surface area contributed by atoms with Gasteiger partial charge in [0.1, 0.15) is 6.61 Å². The van der Waals surface area contributed by atoms with Crippen molar-refractivity contribution >= 4 is 28.3 Å². The van der Waals surface area contributed by atoms with E-state index in [0.29, 0.717) is 6.61 Å². The van der Waals surface area contributed by atoms with Gasteiger partial charge in [0.05, 0.1) is 10.7 Å². The maximum Gasteiger partial charge on any atom is 0.174 e. The van der Waals surface area contributed by atoms with Gasteiger partial charge in [-0.05, 0) is 71.3 Å². The second-order valence-electron chi connectivity index (χ2n) is 5.38. The number of ether oxygens (including phenoxy) is 2. The van der Waals surface area contributed by atoms with Crippen LogP contribution >= 0.6 is 22.6 Å². The summed E-state index contributed by atoms with van der Waals surface area (Å²) in [5, 5.41) is 3.50. The van der Waals surface area contributed by atoms with Crippen molar-refractivity contribution in [2.24, 2.45) is 0 Å². The third kappa shape index (κ3) is 4.64. The van der Waals surface area contributed by atoms with E-state index in [1.54, 1.807) is 13.2 Å². The molecule has 0 heterocycles. The second kappa shape index (κ2) is 8.24. The van der Waals surface area contributed by atoms with Crippen LogP contribution in [0.4, 0.5) is 5.69 Å². The first-order valence-corrected chi connectivity index (χ1v) is 8.54. The van der Waals surface area contributed by atoms with Crippen molar-refractivity contribution in [1.29, 1.82) is 0 Å². The lowest BCUT2D eigenvalue weighted by atomic mass is 10.1.